The minimum atomic E-state index is -0.230. The minimum absolute atomic E-state index is 0.230. The molecule has 12 heavy (non-hydrogen) atoms. The van der Waals surface area contributed by atoms with Gasteiger partial charge >= 0.3 is 0 Å². The van der Waals surface area contributed by atoms with E-state index in [0.717, 1.165) is 20.5 Å². The van der Waals surface area contributed by atoms with Crippen molar-refractivity contribution in [2.75, 3.05) is 0 Å². The van der Waals surface area contributed by atoms with Gasteiger partial charge in [-0.25, -0.2) is 4.39 Å². The number of hydrogen-bond donors (Lipinski definition) is 1. The van der Waals surface area contributed by atoms with Crippen molar-refractivity contribution in [3.05, 3.63) is 34.6 Å². The standard InChI is InChI=1S/C9H5FS2/c10-6-3-1-5(2-4-6)7-8(11)9(7)12/h1-4,11H. The monoisotopic (exact) mass is 196 g/mol. The Hall–Kier alpha value is -0.670. The van der Waals surface area contributed by atoms with Gasteiger partial charge in [-0.2, -0.15) is 0 Å². The molecule has 2 aromatic carbocycles. The van der Waals surface area contributed by atoms with Gasteiger partial charge in [0.2, 0.25) is 0 Å². The van der Waals surface area contributed by atoms with Gasteiger partial charge in [-0.3, -0.25) is 0 Å². The van der Waals surface area contributed by atoms with Crippen LogP contribution >= 0.6 is 24.8 Å². The van der Waals surface area contributed by atoms with Crippen LogP contribution in [0.15, 0.2) is 29.2 Å². The van der Waals surface area contributed by atoms with E-state index >= 15 is 0 Å². The third-order valence-corrected chi connectivity index (χ3v) is 2.76. The van der Waals surface area contributed by atoms with E-state index in [2.05, 4.69) is 12.6 Å². The van der Waals surface area contributed by atoms with Crippen LogP contribution in [0.25, 0.3) is 11.1 Å². The van der Waals surface area contributed by atoms with Gasteiger partial charge in [0.1, 0.15) is 5.82 Å². The van der Waals surface area contributed by atoms with Crippen LogP contribution in [-0.4, -0.2) is 0 Å². The smallest absolute Gasteiger partial charge is 0.123 e. The minimum Gasteiger partial charge on any atom is -0.207 e. The lowest BCUT2D eigenvalue weighted by Crippen LogP contribution is -1.71. The van der Waals surface area contributed by atoms with Crippen LogP contribution in [0.4, 0.5) is 4.39 Å². The predicted octanol–water partition coefficient (Wildman–Crippen LogP) is 3.39. The fraction of sp³-hybridized carbons (Fsp3) is 0. The first-order chi connectivity index (χ1) is 5.70. The number of thiol groups is 1. The molecule has 0 atom stereocenters. The summed E-state index contributed by atoms with van der Waals surface area (Å²) >= 11 is 9.11. The Morgan fingerprint density at radius 3 is 2.08 bits per heavy atom. The first kappa shape index (κ1) is 7.95. The molecule has 0 spiro atoms. The maximum absolute atomic E-state index is 12.5. The zero-order valence-electron chi connectivity index (χ0n) is 6.04. The summed E-state index contributed by atoms with van der Waals surface area (Å²) in [6.45, 7) is 0. The topological polar surface area (TPSA) is 0 Å². The summed E-state index contributed by atoms with van der Waals surface area (Å²) in [5, 5.41) is 0. The largest absolute Gasteiger partial charge is 0.207 e. The average Bonchev–Trinajstić information content (AvgIpc) is 2.63. The van der Waals surface area contributed by atoms with Gasteiger partial charge in [0.15, 0.2) is 0 Å². The normalized spacial score (nSPS) is 10.8. The van der Waals surface area contributed by atoms with Gasteiger partial charge < -0.3 is 0 Å². The highest BCUT2D eigenvalue weighted by Crippen LogP contribution is 2.38. The second-order valence-electron chi connectivity index (χ2n) is 2.56. The molecule has 0 saturated carbocycles. The second-order valence-corrected chi connectivity index (χ2v) is 3.42. The van der Waals surface area contributed by atoms with Crippen molar-refractivity contribution in [2.24, 2.45) is 0 Å². The molecule has 0 aliphatic rings. The van der Waals surface area contributed by atoms with Crippen LogP contribution in [0.5, 0.6) is 0 Å². The quantitative estimate of drug-likeness (QED) is 0.539. The van der Waals surface area contributed by atoms with Crippen molar-refractivity contribution in [1.82, 2.24) is 0 Å². The molecule has 0 radical (unpaired) electrons. The van der Waals surface area contributed by atoms with E-state index in [-0.39, 0.29) is 5.82 Å². The van der Waals surface area contributed by atoms with Gasteiger partial charge in [-0.15, -0.1) is 12.6 Å². The molecular weight excluding hydrogens is 191 g/mol. The molecular formula is C9H5FS2. The molecule has 0 amide bonds. The summed E-state index contributed by atoms with van der Waals surface area (Å²) in [5.41, 5.74) is 1.93. The molecule has 2 aromatic rings. The zero-order valence-corrected chi connectivity index (χ0v) is 7.75. The van der Waals surface area contributed by atoms with Gasteiger partial charge in [0, 0.05) is 10.5 Å². The molecule has 0 aliphatic heterocycles. The molecule has 0 nitrogen and oxygen atoms in total. The summed E-state index contributed by atoms with van der Waals surface area (Å²) in [4.78, 5) is 0.858. The number of halogens is 1. The second kappa shape index (κ2) is 2.68. The molecule has 0 unspecified atom stereocenters. The lowest BCUT2D eigenvalue weighted by atomic mass is 10.2. The summed E-state index contributed by atoms with van der Waals surface area (Å²) in [7, 11) is 0. The summed E-state index contributed by atoms with van der Waals surface area (Å²) in [5.74, 6) is -0.230. The Morgan fingerprint density at radius 2 is 1.67 bits per heavy atom. The lowest BCUT2D eigenvalue weighted by Gasteiger charge is -1.91. The van der Waals surface area contributed by atoms with Crippen molar-refractivity contribution in [2.45, 2.75) is 4.90 Å². The Bertz CT molecular complexity index is 421. The molecule has 3 heteroatoms. The van der Waals surface area contributed by atoms with Crippen molar-refractivity contribution in [3.8, 4) is 11.1 Å². The lowest BCUT2D eigenvalue weighted by molar-refractivity contribution is 0.628. The number of rotatable bonds is 1. The summed E-state index contributed by atoms with van der Waals surface area (Å²) < 4.78 is 13.3. The first-order valence-corrected chi connectivity index (χ1v) is 4.29. The first-order valence-electron chi connectivity index (χ1n) is 3.44. The van der Waals surface area contributed by atoms with E-state index < -0.39 is 0 Å². The van der Waals surface area contributed by atoms with E-state index in [9.17, 15) is 4.39 Å². The fourth-order valence-corrected chi connectivity index (χ4v) is 1.69. The van der Waals surface area contributed by atoms with Crippen LogP contribution in [0.2, 0.25) is 0 Å². The third kappa shape index (κ3) is 1.19. The van der Waals surface area contributed by atoms with Crippen LogP contribution < -0.4 is 0 Å². The van der Waals surface area contributed by atoms with E-state index in [4.69, 9.17) is 12.2 Å². The van der Waals surface area contributed by atoms with Crippen LogP contribution in [0.3, 0.4) is 0 Å². The van der Waals surface area contributed by atoms with Crippen molar-refractivity contribution in [1.29, 1.82) is 0 Å². The Balaban J connectivity index is 2.44. The van der Waals surface area contributed by atoms with Crippen molar-refractivity contribution < 1.29 is 4.39 Å². The molecule has 2 rings (SSSR count). The van der Waals surface area contributed by atoms with Crippen LogP contribution in [-0.2, 0) is 0 Å². The summed E-state index contributed by atoms with van der Waals surface area (Å²) in [6.07, 6.45) is 0. The van der Waals surface area contributed by atoms with E-state index in [0.29, 0.717) is 0 Å². The highest BCUT2D eigenvalue weighted by atomic mass is 32.1. The van der Waals surface area contributed by atoms with Crippen molar-refractivity contribution in [3.63, 3.8) is 0 Å². The van der Waals surface area contributed by atoms with Gasteiger partial charge in [0.05, 0.1) is 4.51 Å². The molecule has 0 aromatic heterocycles. The molecule has 60 valence electrons. The predicted molar refractivity (Wildman–Crippen MR) is 52.3 cm³/mol. The van der Waals surface area contributed by atoms with E-state index in [1.165, 1.54) is 12.1 Å². The Labute approximate surface area is 80.1 Å². The van der Waals surface area contributed by atoms with Gasteiger partial charge in [-0.05, 0) is 17.7 Å². The molecule has 0 saturated heterocycles. The fourth-order valence-electron chi connectivity index (χ4n) is 1.05. The van der Waals surface area contributed by atoms with Crippen LogP contribution in [0, 0.1) is 10.3 Å². The molecule has 0 N–H and O–H groups in total. The van der Waals surface area contributed by atoms with Crippen LogP contribution in [0.1, 0.15) is 0 Å². The van der Waals surface area contributed by atoms with Gasteiger partial charge in [0.25, 0.3) is 0 Å². The number of hydrogen-bond acceptors (Lipinski definition) is 2. The molecule has 0 aliphatic carbocycles. The third-order valence-electron chi connectivity index (χ3n) is 1.75. The Kier molecular flexibility index (Phi) is 1.77. The Morgan fingerprint density at radius 1 is 1.17 bits per heavy atom. The molecule has 0 bridgehead atoms. The van der Waals surface area contributed by atoms with Gasteiger partial charge in [-0.1, -0.05) is 24.4 Å². The maximum Gasteiger partial charge on any atom is 0.123 e. The highest BCUT2D eigenvalue weighted by molar-refractivity contribution is 7.81. The van der Waals surface area contributed by atoms with E-state index in [1.54, 1.807) is 12.1 Å². The SMILES string of the molecule is Fc1ccc(-c2c(S)c2=S)cc1. The highest BCUT2D eigenvalue weighted by Gasteiger charge is 2.15. The number of benzene rings is 1. The van der Waals surface area contributed by atoms with E-state index in [1.807, 2.05) is 0 Å². The molecule has 0 heterocycles. The maximum atomic E-state index is 12.5. The zero-order chi connectivity index (χ0) is 8.72. The molecule has 0 fully saturated rings. The summed E-state index contributed by atoms with van der Waals surface area (Å²) in [6, 6.07) is 6.26. The van der Waals surface area contributed by atoms with Crippen molar-refractivity contribution >= 4 is 24.8 Å². The average molecular weight is 196 g/mol.